The molecule has 1 saturated carbocycles. The van der Waals surface area contributed by atoms with E-state index in [0.29, 0.717) is 16.9 Å². The minimum Gasteiger partial charge on any atom is -0.350 e. The highest BCUT2D eigenvalue weighted by Gasteiger charge is 2.28. The van der Waals surface area contributed by atoms with Gasteiger partial charge in [-0.2, -0.15) is 0 Å². The van der Waals surface area contributed by atoms with Crippen LogP contribution in [0.1, 0.15) is 23.2 Å². The summed E-state index contributed by atoms with van der Waals surface area (Å²) in [6.07, 6.45) is 2.25. The molecule has 1 aliphatic carbocycles. The first-order chi connectivity index (χ1) is 8.09. The van der Waals surface area contributed by atoms with Crippen molar-refractivity contribution in [3.8, 4) is 0 Å². The van der Waals surface area contributed by atoms with Crippen molar-refractivity contribution in [1.29, 1.82) is 0 Å². The van der Waals surface area contributed by atoms with E-state index in [2.05, 4.69) is 21.2 Å². The van der Waals surface area contributed by atoms with E-state index in [0.717, 1.165) is 12.8 Å². The first-order valence-electron chi connectivity index (χ1n) is 5.57. The minimum atomic E-state index is -0.531. The van der Waals surface area contributed by atoms with Crippen molar-refractivity contribution >= 4 is 34.2 Å². The molecule has 1 atom stereocenters. The van der Waals surface area contributed by atoms with Crippen molar-refractivity contribution in [3.05, 3.63) is 34.1 Å². The number of amides is 1. The fourth-order valence-electron chi connectivity index (χ4n) is 1.70. The predicted octanol–water partition coefficient (Wildman–Crippen LogP) is 2.48. The number of hydrogen-bond acceptors (Lipinski definition) is 2. The molecule has 1 amide bonds. The molecule has 3 nitrogen and oxygen atoms in total. The van der Waals surface area contributed by atoms with Crippen molar-refractivity contribution in [2.24, 2.45) is 11.7 Å². The third-order valence-corrected chi connectivity index (χ3v) is 3.58. The summed E-state index contributed by atoms with van der Waals surface area (Å²) < 4.78 is 13.9. The molecule has 0 heterocycles. The quantitative estimate of drug-likeness (QED) is 0.887. The maximum atomic E-state index is 13.5. The van der Waals surface area contributed by atoms with E-state index in [1.165, 1.54) is 6.07 Å². The Balaban J connectivity index is 0.00000162. The molecule has 1 fully saturated rings. The van der Waals surface area contributed by atoms with Gasteiger partial charge in [0.1, 0.15) is 5.82 Å². The van der Waals surface area contributed by atoms with Crippen molar-refractivity contribution in [2.45, 2.75) is 18.9 Å². The maximum absolute atomic E-state index is 13.5. The van der Waals surface area contributed by atoms with Gasteiger partial charge in [-0.25, -0.2) is 4.39 Å². The van der Waals surface area contributed by atoms with E-state index in [-0.39, 0.29) is 24.0 Å². The number of nitrogens with two attached hydrogens (primary N) is 1. The molecule has 3 N–H and O–H groups in total. The molecule has 6 heteroatoms. The second-order valence-corrected chi connectivity index (χ2v) is 5.16. The normalized spacial score (nSPS) is 15.7. The average molecular weight is 338 g/mol. The summed E-state index contributed by atoms with van der Waals surface area (Å²) in [6, 6.07) is 4.43. The van der Waals surface area contributed by atoms with Gasteiger partial charge in [0, 0.05) is 17.1 Å². The Labute approximate surface area is 120 Å². The Morgan fingerprint density at radius 2 is 2.22 bits per heavy atom. The molecular formula is C12H15BrClFN2O. The molecule has 0 radical (unpaired) electrons. The van der Waals surface area contributed by atoms with Gasteiger partial charge in [-0.15, -0.1) is 12.4 Å². The Morgan fingerprint density at radius 1 is 1.56 bits per heavy atom. The standard InChI is InChI=1S/C12H14BrFN2O.ClH/c13-8-2-1-3-9(14)11(8)12(17)16-6-10(15)7-4-5-7;/h1-3,7,10H,4-6,15H2,(H,16,17);1H. The summed E-state index contributed by atoms with van der Waals surface area (Å²) in [5.41, 5.74) is 5.90. The highest BCUT2D eigenvalue weighted by molar-refractivity contribution is 9.10. The van der Waals surface area contributed by atoms with Crippen LogP contribution in [0.15, 0.2) is 22.7 Å². The lowest BCUT2D eigenvalue weighted by atomic mass is 10.1. The van der Waals surface area contributed by atoms with Gasteiger partial charge >= 0.3 is 0 Å². The lowest BCUT2D eigenvalue weighted by Crippen LogP contribution is -2.38. The number of nitrogens with one attached hydrogen (secondary N) is 1. The van der Waals surface area contributed by atoms with Gasteiger partial charge in [-0.05, 0) is 46.8 Å². The first kappa shape index (κ1) is 15.4. The Bertz CT molecular complexity index is 420. The summed E-state index contributed by atoms with van der Waals surface area (Å²) >= 11 is 3.16. The molecule has 1 aliphatic rings. The van der Waals surface area contributed by atoms with E-state index in [9.17, 15) is 9.18 Å². The van der Waals surface area contributed by atoms with Crippen LogP contribution in [0, 0.1) is 11.7 Å². The van der Waals surface area contributed by atoms with E-state index in [1.807, 2.05) is 0 Å². The molecule has 0 aliphatic heterocycles. The van der Waals surface area contributed by atoms with Gasteiger partial charge in [-0.3, -0.25) is 4.79 Å². The lowest BCUT2D eigenvalue weighted by molar-refractivity contribution is 0.0945. The zero-order valence-electron chi connectivity index (χ0n) is 9.66. The van der Waals surface area contributed by atoms with E-state index in [4.69, 9.17) is 5.73 Å². The Hall–Kier alpha value is -0.650. The molecule has 0 aromatic heterocycles. The predicted molar refractivity (Wildman–Crippen MR) is 74.4 cm³/mol. The van der Waals surface area contributed by atoms with Gasteiger partial charge in [-0.1, -0.05) is 6.07 Å². The van der Waals surface area contributed by atoms with Crippen LogP contribution in [-0.2, 0) is 0 Å². The van der Waals surface area contributed by atoms with E-state index >= 15 is 0 Å². The molecule has 100 valence electrons. The van der Waals surface area contributed by atoms with Crippen LogP contribution in [0.3, 0.4) is 0 Å². The number of benzene rings is 1. The fourth-order valence-corrected chi connectivity index (χ4v) is 2.23. The topological polar surface area (TPSA) is 55.1 Å². The molecular weight excluding hydrogens is 323 g/mol. The monoisotopic (exact) mass is 336 g/mol. The Kier molecular flexibility index (Phi) is 5.56. The van der Waals surface area contributed by atoms with Gasteiger partial charge in [0.25, 0.3) is 5.91 Å². The molecule has 0 saturated heterocycles. The molecule has 0 bridgehead atoms. The van der Waals surface area contributed by atoms with Crippen molar-refractivity contribution < 1.29 is 9.18 Å². The first-order valence-corrected chi connectivity index (χ1v) is 6.36. The number of carbonyl (C=O) groups is 1. The highest BCUT2D eigenvalue weighted by Crippen LogP contribution is 2.31. The van der Waals surface area contributed by atoms with Crippen LogP contribution in [0.25, 0.3) is 0 Å². The second-order valence-electron chi connectivity index (χ2n) is 4.31. The van der Waals surface area contributed by atoms with Crippen molar-refractivity contribution in [3.63, 3.8) is 0 Å². The number of hydrogen-bond donors (Lipinski definition) is 2. The fraction of sp³-hybridized carbons (Fsp3) is 0.417. The van der Waals surface area contributed by atoms with Crippen LogP contribution in [-0.4, -0.2) is 18.5 Å². The van der Waals surface area contributed by atoms with Crippen LogP contribution in [0.4, 0.5) is 4.39 Å². The van der Waals surface area contributed by atoms with Gasteiger partial charge < -0.3 is 11.1 Å². The van der Waals surface area contributed by atoms with E-state index in [1.54, 1.807) is 12.1 Å². The van der Waals surface area contributed by atoms with Crippen LogP contribution in [0.2, 0.25) is 0 Å². The third kappa shape index (κ3) is 3.67. The maximum Gasteiger partial charge on any atom is 0.255 e. The summed E-state index contributed by atoms with van der Waals surface area (Å²) in [5, 5.41) is 2.67. The molecule has 1 unspecified atom stereocenters. The third-order valence-electron chi connectivity index (χ3n) is 2.92. The second kappa shape index (κ2) is 6.50. The van der Waals surface area contributed by atoms with Crippen LogP contribution < -0.4 is 11.1 Å². The SMILES string of the molecule is Cl.NC(CNC(=O)c1c(F)cccc1Br)C1CC1. The summed E-state index contributed by atoms with van der Waals surface area (Å²) in [4.78, 5) is 11.8. The highest BCUT2D eigenvalue weighted by atomic mass is 79.9. The number of halogens is 3. The van der Waals surface area contributed by atoms with Gasteiger partial charge in [0.2, 0.25) is 0 Å². The average Bonchev–Trinajstić information content (AvgIpc) is 3.09. The smallest absolute Gasteiger partial charge is 0.255 e. The zero-order chi connectivity index (χ0) is 12.4. The Morgan fingerprint density at radius 3 is 2.78 bits per heavy atom. The summed E-state index contributed by atoms with van der Waals surface area (Å²) in [6.45, 7) is 0.393. The zero-order valence-corrected chi connectivity index (χ0v) is 12.1. The molecule has 2 rings (SSSR count). The minimum absolute atomic E-state index is 0. The van der Waals surface area contributed by atoms with Crippen molar-refractivity contribution in [2.75, 3.05) is 6.54 Å². The van der Waals surface area contributed by atoms with Crippen LogP contribution in [0.5, 0.6) is 0 Å². The van der Waals surface area contributed by atoms with Crippen LogP contribution >= 0.6 is 28.3 Å². The number of carbonyl (C=O) groups excluding carboxylic acids is 1. The lowest BCUT2D eigenvalue weighted by Gasteiger charge is -2.12. The molecule has 18 heavy (non-hydrogen) atoms. The number of rotatable bonds is 4. The largest absolute Gasteiger partial charge is 0.350 e. The molecule has 1 aromatic rings. The summed E-state index contributed by atoms with van der Waals surface area (Å²) in [5.74, 6) is -0.442. The van der Waals surface area contributed by atoms with Crippen molar-refractivity contribution in [1.82, 2.24) is 5.32 Å². The summed E-state index contributed by atoms with van der Waals surface area (Å²) in [7, 11) is 0. The molecule has 0 spiro atoms. The van der Waals surface area contributed by atoms with Gasteiger partial charge in [0.05, 0.1) is 5.56 Å². The molecule has 1 aromatic carbocycles. The van der Waals surface area contributed by atoms with E-state index < -0.39 is 11.7 Å². The van der Waals surface area contributed by atoms with Gasteiger partial charge in [0.15, 0.2) is 0 Å².